The lowest BCUT2D eigenvalue weighted by molar-refractivity contribution is -0.218. The van der Waals surface area contributed by atoms with Gasteiger partial charge in [-0.25, -0.2) is 0 Å². The Bertz CT molecular complexity index is 728. The molecule has 4 aliphatic rings. The molecule has 0 radical (unpaired) electrons. The minimum absolute atomic E-state index is 0.164. The molecule has 0 aromatic carbocycles. The Morgan fingerprint density at radius 3 is 2.58 bits per heavy atom. The SMILES string of the molecule is C=C(C)C#C[C@@]12O[C@@H]1[C@H]1OC(C)(C)C(OC(C)=O)C[C@]13O[C@@H]3C2=O. The van der Waals surface area contributed by atoms with Crippen molar-refractivity contribution in [1.82, 2.24) is 0 Å². The summed E-state index contributed by atoms with van der Waals surface area (Å²) in [4.78, 5) is 24.1. The molecule has 1 aliphatic carbocycles. The van der Waals surface area contributed by atoms with E-state index >= 15 is 0 Å². The van der Waals surface area contributed by atoms with E-state index in [1.165, 1.54) is 6.92 Å². The summed E-state index contributed by atoms with van der Waals surface area (Å²) in [6.45, 7) is 10.6. The van der Waals surface area contributed by atoms with Gasteiger partial charge in [0.15, 0.2) is 6.10 Å². The quantitative estimate of drug-likeness (QED) is 0.404. The Balaban J connectivity index is 1.65. The van der Waals surface area contributed by atoms with Crippen molar-refractivity contribution >= 4 is 11.8 Å². The van der Waals surface area contributed by atoms with Crippen molar-refractivity contribution in [1.29, 1.82) is 0 Å². The molecule has 6 nitrogen and oxygen atoms in total. The van der Waals surface area contributed by atoms with Crippen LogP contribution in [0.15, 0.2) is 12.2 Å². The highest BCUT2D eigenvalue weighted by atomic mass is 16.7. The zero-order valence-electron chi connectivity index (χ0n) is 14.2. The van der Waals surface area contributed by atoms with E-state index in [1.54, 1.807) is 6.92 Å². The van der Waals surface area contributed by atoms with Crippen molar-refractivity contribution in [3.05, 3.63) is 12.2 Å². The third-order valence-corrected chi connectivity index (χ3v) is 5.22. The number of hydrogen-bond donors (Lipinski definition) is 0. The smallest absolute Gasteiger partial charge is 0.303 e. The van der Waals surface area contributed by atoms with Crippen LogP contribution in [-0.4, -0.2) is 53.0 Å². The Morgan fingerprint density at radius 2 is 1.96 bits per heavy atom. The zero-order chi connectivity index (χ0) is 17.5. The van der Waals surface area contributed by atoms with Crippen LogP contribution in [0.5, 0.6) is 0 Å². The van der Waals surface area contributed by atoms with E-state index in [1.807, 2.05) is 13.8 Å². The first-order chi connectivity index (χ1) is 11.1. The van der Waals surface area contributed by atoms with Crippen LogP contribution < -0.4 is 0 Å². The standard InChI is InChI=1S/C18H20O6/c1-9(2)6-7-17-12(20)13-18(23-13)8-11(21-10(3)19)16(4,5)22-15(18)14(17)24-17/h11,13-15H,1,8H2,2-5H3/t11?,13-,14-,15-,17+,18-/m1/s1. The van der Waals surface area contributed by atoms with E-state index < -0.39 is 41.2 Å². The Kier molecular flexibility index (Phi) is 2.96. The van der Waals surface area contributed by atoms with Crippen molar-refractivity contribution in [2.24, 2.45) is 0 Å². The molecule has 4 fully saturated rings. The number of carbonyl (C=O) groups excluding carboxylic acids is 2. The summed E-state index contributed by atoms with van der Waals surface area (Å²) in [5.41, 5.74) is -1.93. The van der Waals surface area contributed by atoms with E-state index in [-0.39, 0.29) is 11.8 Å². The molecule has 1 unspecified atom stereocenters. The highest BCUT2D eigenvalue weighted by molar-refractivity contribution is 6.02. The minimum atomic E-state index is -1.14. The van der Waals surface area contributed by atoms with Gasteiger partial charge in [-0.05, 0) is 26.3 Å². The molecule has 3 heterocycles. The lowest BCUT2D eigenvalue weighted by atomic mass is 9.72. The van der Waals surface area contributed by atoms with E-state index in [0.717, 1.165) is 0 Å². The van der Waals surface area contributed by atoms with E-state index in [2.05, 4.69) is 18.4 Å². The summed E-state index contributed by atoms with van der Waals surface area (Å²) < 4.78 is 23.1. The lowest BCUT2D eigenvalue weighted by Crippen LogP contribution is -2.62. The first kappa shape index (κ1) is 15.8. The van der Waals surface area contributed by atoms with Crippen LogP contribution in [0.4, 0.5) is 0 Å². The van der Waals surface area contributed by atoms with Crippen LogP contribution in [0.3, 0.4) is 0 Å². The summed E-state index contributed by atoms with van der Waals surface area (Å²) in [5, 5.41) is 0. The maximum absolute atomic E-state index is 12.7. The van der Waals surface area contributed by atoms with Crippen LogP contribution in [0.1, 0.15) is 34.1 Å². The van der Waals surface area contributed by atoms with Gasteiger partial charge < -0.3 is 18.9 Å². The van der Waals surface area contributed by atoms with Crippen LogP contribution in [0.25, 0.3) is 0 Å². The van der Waals surface area contributed by atoms with Gasteiger partial charge in [-0.15, -0.1) is 0 Å². The van der Waals surface area contributed by atoms with Gasteiger partial charge in [0.1, 0.15) is 29.5 Å². The molecule has 24 heavy (non-hydrogen) atoms. The van der Waals surface area contributed by atoms with Gasteiger partial charge in [0.05, 0.1) is 0 Å². The number of hydrogen-bond acceptors (Lipinski definition) is 6. The van der Waals surface area contributed by atoms with Crippen molar-refractivity contribution in [2.75, 3.05) is 0 Å². The van der Waals surface area contributed by atoms with Crippen LogP contribution in [0, 0.1) is 11.8 Å². The summed E-state index contributed by atoms with van der Waals surface area (Å²) >= 11 is 0. The van der Waals surface area contributed by atoms with Crippen molar-refractivity contribution in [2.45, 2.75) is 75.3 Å². The highest BCUT2D eigenvalue weighted by Gasteiger charge is 2.86. The predicted molar refractivity (Wildman–Crippen MR) is 81.9 cm³/mol. The predicted octanol–water partition coefficient (Wildman–Crippen LogP) is 0.923. The third-order valence-electron chi connectivity index (χ3n) is 5.22. The fourth-order valence-corrected chi connectivity index (χ4v) is 3.88. The van der Waals surface area contributed by atoms with E-state index in [4.69, 9.17) is 18.9 Å². The first-order valence-corrected chi connectivity index (χ1v) is 8.06. The molecule has 128 valence electrons. The maximum Gasteiger partial charge on any atom is 0.303 e. The molecule has 3 aliphatic heterocycles. The van der Waals surface area contributed by atoms with Crippen molar-refractivity contribution < 1.29 is 28.5 Å². The Morgan fingerprint density at radius 1 is 1.25 bits per heavy atom. The highest BCUT2D eigenvalue weighted by Crippen LogP contribution is 2.63. The molecular formula is C18H20O6. The lowest BCUT2D eigenvalue weighted by Gasteiger charge is -2.45. The number of rotatable bonds is 1. The molecule has 6 heteroatoms. The number of epoxide rings is 2. The largest absolute Gasteiger partial charge is 0.459 e. The molecule has 0 aromatic heterocycles. The second-order valence-electron chi connectivity index (χ2n) is 7.57. The normalized spacial score (nSPS) is 46.4. The molecule has 6 atom stereocenters. The van der Waals surface area contributed by atoms with Gasteiger partial charge in [-0.1, -0.05) is 18.4 Å². The van der Waals surface area contributed by atoms with Gasteiger partial charge in [0, 0.05) is 13.3 Å². The summed E-state index contributed by atoms with van der Waals surface area (Å²) in [6.07, 6.45) is -1.52. The maximum atomic E-state index is 12.7. The number of allylic oxidation sites excluding steroid dienone is 1. The number of ether oxygens (including phenoxy) is 4. The minimum Gasteiger partial charge on any atom is -0.459 e. The Labute approximate surface area is 140 Å². The summed E-state index contributed by atoms with van der Waals surface area (Å²) in [6, 6.07) is 0. The fraction of sp³-hybridized carbons (Fsp3) is 0.667. The number of Topliss-reactive ketones (excluding diaryl/α,β-unsaturated/α-hetero) is 1. The van der Waals surface area contributed by atoms with Crippen molar-refractivity contribution in [3.63, 3.8) is 0 Å². The number of ketones is 1. The molecule has 0 aromatic rings. The topological polar surface area (TPSA) is 77.7 Å². The molecule has 4 rings (SSSR count). The average Bonchev–Trinajstić information content (AvgIpc) is 3.34. The molecule has 3 saturated heterocycles. The zero-order valence-corrected chi connectivity index (χ0v) is 14.2. The molecule has 0 N–H and O–H groups in total. The van der Waals surface area contributed by atoms with Crippen LogP contribution in [0.2, 0.25) is 0 Å². The Hall–Kier alpha value is -1.68. The fourth-order valence-electron chi connectivity index (χ4n) is 3.88. The average molecular weight is 332 g/mol. The van der Waals surface area contributed by atoms with Gasteiger partial charge in [0.25, 0.3) is 0 Å². The third kappa shape index (κ3) is 1.95. The number of fused-ring (bicyclic) bond motifs is 2. The van der Waals surface area contributed by atoms with Gasteiger partial charge in [0.2, 0.25) is 11.4 Å². The molecule has 0 amide bonds. The number of carbonyl (C=O) groups is 2. The van der Waals surface area contributed by atoms with Crippen LogP contribution in [-0.2, 0) is 28.5 Å². The summed E-state index contributed by atoms with van der Waals surface area (Å²) in [5.74, 6) is 5.21. The van der Waals surface area contributed by atoms with E-state index in [0.29, 0.717) is 12.0 Å². The second kappa shape index (κ2) is 4.48. The molecule has 1 spiro atoms. The molecule has 0 bridgehead atoms. The number of esters is 1. The summed E-state index contributed by atoms with van der Waals surface area (Å²) in [7, 11) is 0. The van der Waals surface area contributed by atoms with Crippen molar-refractivity contribution in [3.8, 4) is 11.8 Å². The van der Waals surface area contributed by atoms with Gasteiger partial charge in [-0.3, -0.25) is 9.59 Å². The van der Waals surface area contributed by atoms with Gasteiger partial charge >= 0.3 is 5.97 Å². The monoisotopic (exact) mass is 332 g/mol. The second-order valence-corrected chi connectivity index (χ2v) is 7.57. The molecule has 1 saturated carbocycles. The molecular weight excluding hydrogens is 312 g/mol. The van der Waals surface area contributed by atoms with E-state index in [9.17, 15) is 9.59 Å². The first-order valence-electron chi connectivity index (χ1n) is 8.06. The van der Waals surface area contributed by atoms with Gasteiger partial charge in [-0.2, -0.15) is 0 Å². The van der Waals surface area contributed by atoms with Crippen LogP contribution >= 0.6 is 0 Å².